The third-order valence-electron chi connectivity index (χ3n) is 4.91. The van der Waals surface area contributed by atoms with Crippen molar-refractivity contribution in [2.24, 2.45) is 0 Å². The van der Waals surface area contributed by atoms with Gasteiger partial charge in [0.25, 0.3) is 0 Å². The zero-order valence-electron chi connectivity index (χ0n) is 16.2. The quantitative estimate of drug-likeness (QED) is 0.833. The van der Waals surface area contributed by atoms with Gasteiger partial charge in [-0.2, -0.15) is 0 Å². The lowest BCUT2D eigenvalue weighted by Crippen LogP contribution is -2.42. The van der Waals surface area contributed by atoms with Gasteiger partial charge in [-0.15, -0.1) is 0 Å². The van der Waals surface area contributed by atoms with Crippen LogP contribution in [-0.2, 0) is 4.74 Å². The summed E-state index contributed by atoms with van der Waals surface area (Å²) in [6.45, 7) is 7.80. The van der Waals surface area contributed by atoms with Crippen LogP contribution in [0.25, 0.3) is 0 Å². The summed E-state index contributed by atoms with van der Waals surface area (Å²) in [5.41, 5.74) is 3.49. The summed E-state index contributed by atoms with van der Waals surface area (Å²) in [6.07, 6.45) is 3.06. The van der Waals surface area contributed by atoms with Crippen LogP contribution in [0.4, 0.5) is 22.1 Å². The van der Waals surface area contributed by atoms with Crippen molar-refractivity contribution in [3.05, 3.63) is 41.7 Å². The van der Waals surface area contributed by atoms with Crippen LogP contribution >= 0.6 is 0 Å². The van der Waals surface area contributed by atoms with Gasteiger partial charge in [0.15, 0.2) is 0 Å². The van der Waals surface area contributed by atoms with E-state index in [2.05, 4.69) is 40.5 Å². The average molecular weight is 369 g/mol. The molecule has 144 valence electrons. The Hall–Kier alpha value is -2.83. The molecule has 1 aromatic heterocycles. The molecule has 0 spiro atoms. The molecule has 0 radical (unpaired) electrons. The lowest BCUT2D eigenvalue weighted by Gasteiger charge is -2.31. The Labute approximate surface area is 160 Å². The van der Waals surface area contributed by atoms with Crippen LogP contribution in [0.2, 0.25) is 0 Å². The van der Waals surface area contributed by atoms with Gasteiger partial charge in [0.2, 0.25) is 0 Å². The maximum absolute atomic E-state index is 11.8. The van der Waals surface area contributed by atoms with E-state index in [0.29, 0.717) is 19.7 Å². The molecule has 2 N–H and O–H groups in total. The summed E-state index contributed by atoms with van der Waals surface area (Å²) in [7, 11) is 0. The van der Waals surface area contributed by atoms with E-state index in [9.17, 15) is 4.79 Å². The Morgan fingerprint density at radius 2 is 1.96 bits per heavy atom. The Morgan fingerprint density at radius 1 is 1.22 bits per heavy atom. The Kier molecular flexibility index (Phi) is 6.11. The molecule has 27 heavy (non-hydrogen) atoms. The molecule has 2 aromatic rings. The number of rotatable bonds is 5. The van der Waals surface area contributed by atoms with Crippen LogP contribution in [-0.4, -0.2) is 46.7 Å². The van der Waals surface area contributed by atoms with Gasteiger partial charge in [-0.25, -0.2) is 14.8 Å². The Bertz CT molecular complexity index is 788. The molecule has 1 aromatic carbocycles. The van der Waals surface area contributed by atoms with Gasteiger partial charge in [-0.05, 0) is 50.8 Å². The van der Waals surface area contributed by atoms with Crippen LogP contribution < -0.4 is 10.6 Å². The lowest BCUT2D eigenvalue weighted by atomic mass is 10.1. The number of hydrogen-bond donors (Lipinski definition) is 2. The smallest absolute Gasteiger partial charge is 0.409 e. The zero-order valence-corrected chi connectivity index (χ0v) is 16.2. The highest BCUT2D eigenvalue weighted by molar-refractivity contribution is 5.67. The molecule has 1 amide bonds. The fraction of sp³-hybridized carbons (Fsp3) is 0.450. The van der Waals surface area contributed by atoms with Gasteiger partial charge in [0.05, 0.1) is 6.61 Å². The molecular formula is C20H27N5O2. The minimum Gasteiger partial charge on any atom is -0.450 e. The Balaban J connectivity index is 1.58. The van der Waals surface area contributed by atoms with Crippen LogP contribution in [0.3, 0.4) is 0 Å². The first-order valence-electron chi connectivity index (χ1n) is 9.40. The van der Waals surface area contributed by atoms with Gasteiger partial charge >= 0.3 is 6.09 Å². The van der Waals surface area contributed by atoms with Gasteiger partial charge < -0.3 is 20.3 Å². The highest BCUT2D eigenvalue weighted by atomic mass is 16.6. The van der Waals surface area contributed by atoms with E-state index in [0.717, 1.165) is 30.2 Å². The van der Waals surface area contributed by atoms with E-state index >= 15 is 0 Å². The third-order valence-corrected chi connectivity index (χ3v) is 4.91. The van der Waals surface area contributed by atoms with Crippen molar-refractivity contribution in [3.63, 3.8) is 0 Å². The van der Waals surface area contributed by atoms with E-state index in [1.165, 1.54) is 11.1 Å². The number of nitrogens with zero attached hydrogens (tertiary/aromatic N) is 3. The predicted molar refractivity (Wildman–Crippen MR) is 106 cm³/mol. The summed E-state index contributed by atoms with van der Waals surface area (Å²) in [6, 6.07) is 8.36. The highest BCUT2D eigenvalue weighted by Crippen LogP contribution is 2.23. The summed E-state index contributed by atoms with van der Waals surface area (Å²) in [5.74, 6) is 1.54. The van der Waals surface area contributed by atoms with Gasteiger partial charge in [0.1, 0.15) is 18.0 Å². The van der Waals surface area contributed by atoms with Crippen LogP contribution in [0, 0.1) is 13.8 Å². The number of hydrogen-bond acceptors (Lipinski definition) is 6. The molecule has 1 saturated heterocycles. The minimum atomic E-state index is -0.224. The van der Waals surface area contributed by atoms with Crippen molar-refractivity contribution in [1.82, 2.24) is 14.9 Å². The number of anilines is 3. The van der Waals surface area contributed by atoms with E-state index < -0.39 is 0 Å². The molecule has 0 aliphatic carbocycles. The minimum absolute atomic E-state index is 0.224. The molecule has 2 heterocycles. The maximum Gasteiger partial charge on any atom is 0.409 e. The molecule has 1 fully saturated rings. The number of carbonyl (C=O) groups excluding carboxylic acids is 1. The van der Waals surface area contributed by atoms with Gasteiger partial charge in [-0.1, -0.05) is 12.1 Å². The second-order valence-electron chi connectivity index (χ2n) is 6.77. The van der Waals surface area contributed by atoms with Crippen LogP contribution in [0.1, 0.15) is 30.9 Å². The monoisotopic (exact) mass is 369 g/mol. The largest absolute Gasteiger partial charge is 0.450 e. The number of benzene rings is 1. The van der Waals surface area contributed by atoms with Crippen molar-refractivity contribution in [3.8, 4) is 0 Å². The molecule has 1 aliphatic rings. The average Bonchev–Trinajstić information content (AvgIpc) is 2.67. The maximum atomic E-state index is 11.8. The normalized spacial score (nSPS) is 14.7. The number of aryl methyl sites for hydroxylation is 1. The molecule has 7 heteroatoms. The predicted octanol–water partition coefficient (Wildman–Crippen LogP) is 3.87. The Morgan fingerprint density at radius 3 is 2.70 bits per heavy atom. The molecule has 0 unspecified atom stereocenters. The fourth-order valence-electron chi connectivity index (χ4n) is 3.16. The first-order valence-corrected chi connectivity index (χ1v) is 9.40. The van der Waals surface area contributed by atoms with Crippen molar-refractivity contribution in [2.75, 3.05) is 30.3 Å². The lowest BCUT2D eigenvalue weighted by molar-refractivity contribution is 0.0983. The summed E-state index contributed by atoms with van der Waals surface area (Å²) < 4.78 is 5.06. The van der Waals surface area contributed by atoms with E-state index in [1.807, 2.05) is 25.1 Å². The second-order valence-corrected chi connectivity index (χ2v) is 6.77. The number of amides is 1. The molecule has 1 aliphatic heterocycles. The van der Waals surface area contributed by atoms with Crippen molar-refractivity contribution in [2.45, 2.75) is 39.7 Å². The number of likely N-dealkylation sites (tertiary alicyclic amines) is 1. The zero-order chi connectivity index (χ0) is 19.2. The summed E-state index contributed by atoms with van der Waals surface area (Å²) >= 11 is 0. The molecular weight excluding hydrogens is 342 g/mol. The second kappa shape index (κ2) is 8.70. The SMILES string of the molecule is CCOC(=O)N1CCC(Nc2cc(Nc3cccc(C)c3C)ncn2)CC1. The van der Waals surface area contributed by atoms with Crippen LogP contribution in [0.15, 0.2) is 30.6 Å². The van der Waals surface area contributed by atoms with Gasteiger partial charge in [0, 0.05) is 30.9 Å². The van der Waals surface area contributed by atoms with Crippen molar-refractivity contribution < 1.29 is 9.53 Å². The summed E-state index contributed by atoms with van der Waals surface area (Å²) in [4.78, 5) is 22.2. The number of nitrogens with one attached hydrogen (secondary N) is 2. The van der Waals surface area contributed by atoms with E-state index in [1.54, 1.807) is 11.2 Å². The molecule has 3 rings (SSSR count). The first kappa shape index (κ1) is 18.9. The van der Waals surface area contributed by atoms with E-state index in [-0.39, 0.29) is 12.1 Å². The topological polar surface area (TPSA) is 79.4 Å². The van der Waals surface area contributed by atoms with Crippen LogP contribution in [0.5, 0.6) is 0 Å². The first-order chi connectivity index (χ1) is 13.1. The van der Waals surface area contributed by atoms with Crippen molar-refractivity contribution >= 4 is 23.4 Å². The van der Waals surface area contributed by atoms with E-state index in [4.69, 9.17) is 4.74 Å². The standard InChI is InChI=1S/C20H27N5O2/c1-4-27-20(26)25-10-8-16(9-11-25)23-18-12-19(22-13-21-18)24-17-7-5-6-14(2)15(17)3/h5-7,12-13,16H,4,8-11H2,1-3H3,(H2,21,22,23,24). The molecule has 0 atom stereocenters. The number of aromatic nitrogens is 2. The third kappa shape index (κ3) is 4.87. The van der Waals surface area contributed by atoms with Crippen molar-refractivity contribution in [1.29, 1.82) is 0 Å². The van der Waals surface area contributed by atoms with Gasteiger partial charge in [-0.3, -0.25) is 0 Å². The summed E-state index contributed by atoms with van der Waals surface area (Å²) in [5, 5.41) is 6.82. The molecule has 0 saturated carbocycles. The number of piperidine rings is 1. The molecule has 7 nitrogen and oxygen atoms in total. The number of ether oxygens (including phenoxy) is 1. The molecule has 0 bridgehead atoms. The highest BCUT2D eigenvalue weighted by Gasteiger charge is 2.23. The number of carbonyl (C=O) groups is 1. The fourth-order valence-corrected chi connectivity index (χ4v) is 3.16.